The molecule has 1 aliphatic rings. The van der Waals surface area contributed by atoms with Gasteiger partial charge in [-0.15, -0.1) is 0 Å². The molecule has 0 amide bonds. The van der Waals surface area contributed by atoms with Crippen LogP contribution in [0.1, 0.15) is 5.56 Å². The van der Waals surface area contributed by atoms with Gasteiger partial charge in [-0.25, -0.2) is 4.98 Å². The topological polar surface area (TPSA) is 73.9 Å². The van der Waals surface area contributed by atoms with Crippen molar-refractivity contribution in [2.45, 2.75) is 6.18 Å². The molecule has 2 aromatic heterocycles. The van der Waals surface area contributed by atoms with Gasteiger partial charge < -0.3 is 15.2 Å². The number of rotatable bonds is 2. The molecule has 0 aliphatic carbocycles. The number of halogens is 3. The maximum Gasteiger partial charge on any atom is 0.416 e. The lowest BCUT2D eigenvalue weighted by atomic mass is 10.1. The fourth-order valence-electron chi connectivity index (χ4n) is 3.10. The maximum absolute atomic E-state index is 12.9. The zero-order valence-electron chi connectivity index (χ0n) is 14.2. The maximum atomic E-state index is 12.9. The number of aromatic nitrogens is 3. The molecule has 2 N–H and O–H groups in total. The standard InChI is InChI=1S/C18H16F3N5O/c19-18(20,21)11-3-4-23-15(9-11)16-24-14-2-1-12(10-13(14)17(27)25-16)26-7-5-22-6-8-26/h1-4,9-10,22H,5-8H2,(H,24,25,27). The summed E-state index contributed by atoms with van der Waals surface area (Å²) in [5.41, 5.74) is 0.0404. The van der Waals surface area contributed by atoms with Crippen LogP contribution in [0.15, 0.2) is 41.3 Å². The number of hydrogen-bond acceptors (Lipinski definition) is 5. The van der Waals surface area contributed by atoms with Gasteiger partial charge >= 0.3 is 6.18 Å². The molecular weight excluding hydrogens is 359 g/mol. The Balaban J connectivity index is 1.75. The smallest absolute Gasteiger partial charge is 0.369 e. The number of alkyl halides is 3. The third kappa shape index (κ3) is 3.50. The SMILES string of the molecule is O=c1[nH]c(-c2cc(C(F)(F)F)ccn2)nc2ccc(N3CCNCC3)cc12. The molecule has 9 heteroatoms. The van der Waals surface area contributed by atoms with E-state index in [2.05, 4.69) is 25.2 Å². The van der Waals surface area contributed by atoms with E-state index in [-0.39, 0.29) is 11.5 Å². The Morgan fingerprint density at radius 1 is 1.07 bits per heavy atom. The van der Waals surface area contributed by atoms with E-state index in [1.165, 1.54) is 0 Å². The van der Waals surface area contributed by atoms with Crippen molar-refractivity contribution in [3.05, 3.63) is 52.4 Å². The lowest BCUT2D eigenvalue weighted by Gasteiger charge is -2.29. The van der Waals surface area contributed by atoms with E-state index in [0.717, 1.165) is 50.2 Å². The summed E-state index contributed by atoms with van der Waals surface area (Å²) in [6.45, 7) is 3.41. The summed E-state index contributed by atoms with van der Waals surface area (Å²) in [6, 6.07) is 7.08. The van der Waals surface area contributed by atoms with Crippen molar-refractivity contribution in [1.29, 1.82) is 0 Å². The molecule has 0 radical (unpaired) electrons. The second-order valence-electron chi connectivity index (χ2n) is 6.28. The van der Waals surface area contributed by atoms with Crippen molar-refractivity contribution in [3.8, 4) is 11.5 Å². The Labute approximate surface area is 152 Å². The largest absolute Gasteiger partial charge is 0.416 e. The average Bonchev–Trinajstić information content (AvgIpc) is 2.68. The van der Waals surface area contributed by atoms with Crippen molar-refractivity contribution in [1.82, 2.24) is 20.3 Å². The second kappa shape index (κ2) is 6.66. The number of aromatic amines is 1. The number of benzene rings is 1. The third-order valence-corrected chi connectivity index (χ3v) is 4.50. The summed E-state index contributed by atoms with van der Waals surface area (Å²) < 4.78 is 38.7. The summed E-state index contributed by atoms with van der Waals surface area (Å²) in [4.78, 5) is 25.4. The van der Waals surface area contributed by atoms with Crippen molar-refractivity contribution in [2.24, 2.45) is 0 Å². The number of hydrogen-bond donors (Lipinski definition) is 2. The molecule has 0 saturated carbocycles. The Kier molecular flexibility index (Phi) is 4.31. The molecule has 0 bridgehead atoms. The fourth-order valence-corrected chi connectivity index (χ4v) is 3.10. The summed E-state index contributed by atoms with van der Waals surface area (Å²) >= 11 is 0. The first-order valence-corrected chi connectivity index (χ1v) is 8.45. The third-order valence-electron chi connectivity index (χ3n) is 4.50. The van der Waals surface area contributed by atoms with Crippen molar-refractivity contribution in [2.75, 3.05) is 31.1 Å². The predicted octanol–water partition coefficient (Wildman–Crippen LogP) is 2.41. The Bertz CT molecular complexity index is 1040. The number of pyridine rings is 1. The van der Waals surface area contributed by atoms with Crippen molar-refractivity contribution < 1.29 is 13.2 Å². The van der Waals surface area contributed by atoms with Crippen molar-refractivity contribution >= 4 is 16.6 Å². The summed E-state index contributed by atoms with van der Waals surface area (Å²) in [5.74, 6) is 0.00789. The Morgan fingerprint density at radius 3 is 2.59 bits per heavy atom. The monoisotopic (exact) mass is 375 g/mol. The van der Waals surface area contributed by atoms with Gasteiger partial charge in [-0.05, 0) is 30.3 Å². The first-order valence-electron chi connectivity index (χ1n) is 8.45. The molecule has 3 heterocycles. The summed E-state index contributed by atoms with van der Waals surface area (Å²) in [5, 5.41) is 3.66. The van der Waals surface area contributed by atoms with Crippen LogP contribution in [0.25, 0.3) is 22.4 Å². The quantitative estimate of drug-likeness (QED) is 0.720. The van der Waals surface area contributed by atoms with Crippen LogP contribution >= 0.6 is 0 Å². The lowest BCUT2D eigenvalue weighted by molar-refractivity contribution is -0.137. The predicted molar refractivity (Wildman–Crippen MR) is 95.7 cm³/mol. The first-order chi connectivity index (χ1) is 12.9. The number of anilines is 1. The van der Waals surface area contributed by atoms with Crippen LogP contribution in [0.4, 0.5) is 18.9 Å². The molecule has 6 nitrogen and oxygen atoms in total. The van der Waals surface area contributed by atoms with Crippen LogP contribution in [-0.2, 0) is 6.18 Å². The highest BCUT2D eigenvalue weighted by molar-refractivity contribution is 5.83. The highest BCUT2D eigenvalue weighted by atomic mass is 19.4. The fraction of sp³-hybridized carbons (Fsp3) is 0.278. The van der Waals surface area contributed by atoms with Gasteiger partial charge in [0.2, 0.25) is 0 Å². The van der Waals surface area contributed by atoms with E-state index >= 15 is 0 Å². The molecule has 0 atom stereocenters. The molecule has 0 unspecified atom stereocenters. The normalized spacial score (nSPS) is 15.3. The van der Waals surface area contributed by atoms with Gasteiger partial charge in [0, 0.05) is 38.1 Å². The van der Waals surface area contributed by atoms with E-state index < -0.39 is 17.3 Å². The molecule has 3 aromatic rings. The number of piperazine rings is 1. The van der Waals surface area contributed by atoms with E-state index in [1.54, 1.807) is 12.1 Å². The van der Waals surface area contributed by atoms with Gasteiger partial charge in [0.15, 0.2) is 5.82 Å². The number of nitrogens with zero attached hydrogens (tertiary/aromatic N) is 3. The zero-order chi connectivity index (χ0) is 19.0. The molecule has 4 rings (SSSR count). The molecule has 0 spiro atoms. The van der Waals surface area contributed by atoms with Crippen LogP contribution in [0, 0.1) is 0 Å². The van der Waals surface area contributed by atoms with Crippen LogP contribution in [0.2, 0.25) is 0 Å². The van der Waals surface area contributed by atoms with Gasteiger partial charge in [0.25, 0.3) is 5.56 Å². The van der Waals surface area contributed by atoms with Crippen LogP contribution in [-0.4, -0.2) is 41.1 Å². The molecule has 27 heavy (non-hydrogen) atoms. The van der Waals surface area contributed by atoms with Crippen molar-refractivity contribution in [3.63, 3.8) is 0 Å². The minimum Gasteiger partial charge on any atom is -0.369 e. The molecule has 1 fully saturated rings. The summed E-state index contributed by atoms with van der Waals surface area (Å²) in [6.07, 6.45) is -3.44. The van der Waals surface area contributed by atoms with Crippen LogP contribution in [0.5, 0.6) is 0 Å². The Morgan fingerprint density at radius 2 is 1.85 bits per heavy atom. The van der Waals surface area contributed by atoms with Gasteiger partial charge in [0.1, 0.15) is 5.69 Å². The average molecular weight is 375 g/mol. The van der Waals surface area contributed by atoms with Gasteiger partial charge in [-0.2, -0.15) is 13.2 Å². The lowest BCUT2D eigenvalue weighted by Crippen LogP contribution is -2.43. The van der Waals surface area contributed by atoms with Crippen LogP contribution < -0.4 is 15.8 Å². The zero-order valence-corrected chi connectivity index (χ0v) is 14.2. The molecule has 1 saturated heterocycles. The van der Waals surface area contributed by atoms with Gasteiger partial charge in [0.05, 0.1) is 16.5 Å². The minimum atomic E-state index is -4.49. The van der Waals surface area contributed by atoms with E-state index in [1.807, 2.05) is 6.07 Å². The molecular formula is C18H16F3N5O. The van der Waals surface area contributed by atoms with E-state index in [9.17, 15) is 18.0 Å². The van der Waals surface area contributed by atoms with E-state index in [0.29, 0.717) is 10.9 Å². The van der Waals surface area contributed by atoms with Gasteiger partial charge in [-0.3, -0.25) is 9.78 Å². The van der Waals surface area contributed by atoms with E-state index in [4.69, 9.17) is 0 Å². The molecule has 1 aliphatic heterocycles. The minimum absolute atomic E-state index is 0.00789. The highest BCUT2D eigenvalue weighted by Gasteiger charge is 2.31. The number of H-pyrrole nitrogens is 1. The molecule has 1 aromatic carbocycles. The second-order valence-corrected chi connectivity index (χ2v) is 6.28. The Hall–Kier alpha value is -2.94. The summed E-state index contributed by atoms with van der Waals surface area (Å²) in [7, 11) is 0. The van der Waals surface area contributed by atoms with Gasteiger partial charge in [-0.1, -0.05) is 0 Å². The van der Waals surface area contributed by atoms with Crippen LogP contribution in [0.3, 0.4) is 0 Å². The number of fused-ring (bicyclic) bond motifs is 1. The number of nitrogens with one attached hydrogen (secondary N) is 2. The first kappa shape index (κ1) is 17.5. The highest BCUT2D eigenvalue weighted by Crippen LogP contribution is 2.30. The molecule has 140 valence electrons.